The van der Waals surface area contributed by atoms with Gasteiger partial charge < -0.3 is 8.94 Å². The number of hydrogen-bond donors (Lipinski definition) is 0. The summed E-state index contributed by atoms with van der Waals surface area (Å²) in [6, 6.07) is 9.34. The van der Waals surface area contributed by atoms with Crippen molar-refractivity contribution in [2.75, 3.05) is 0 Å². The van der Waals surface area contributed by atoms with Crippen molar-refractivity contribution < 1.29 is 18.3 Å². The van der Waals surface area contributed by atoms with Crippen LogP contribution in [0.4, 0.5) is 10.1 Å². The average molecular weight is 356 g/mol. The average Bonchev–Trinajstić information content (AvgIpc) is 3.20. The standard InChI is InChI=1S/C16H9FN4O5/c17-10-3-1-9(2-4-10)15-18-14(26-19-15)8-20-12-7-11(21(23)24)5-6-13(12)25-16(20)22/h1-7H,8H2. The summed E-state index contributed by atoms with van der Waals surface area (Å²) in [5.74, 6) is -0.773. The number of oxazole rings is 1. The monoisotopic (exact) mass is 356 g/mol. The zero-order chi connectivity index (χ0) is 18.3. The van der Waals surface area contributed by atoms with Crippen LogP contribution in [0, 0.1) is 15.9 Å². The van der Waals surface area contributed by atoms with E-state index in [0.29, 0.717) is 5.56 Å². The number of halogens is 1. The Hall–Kier alpha value is -3.82. The number of nitro groups is 1. The van der Waals surface area contributed by atoms with Crippen molar-refractivity contribution in [2.24, 2.45) is 0 Å². The molecule has 0 fully saturated rings. The number of nitro benzene ring substituents is 1. The number of hydrogen-bond acceptors (Lipinski definition) is 7. The molecule has 2 aromatic carbocycles. The van der Waals surface area contributed by atoms with Crippen LogP contribution in [0.15, 0.2) is 56.2 Å². The van der Waals surface area contributed by atoms with E-state index in [9.17, 15) is 19.3 Å². The first-order chi connectivity index (χ1) is 12.5. The van der Waals surface area contributed by atoms with Gasteiger partial charge in [0.15, 0.2) is 5.58 Å². The lowest BCUT2D eigenvalue weighted by Crippen LogP contribution is -2.15. The summed E-state index contributed by atoms with van der Waals surface area (Å²) in [5, 5.41) is 14.7. The highest BCUT2D eigenvalue weighted by Crippen LogP contribution is 2.21. The molecule has 0 spiro atoms. The molecule has 10 heteroatoms. The van der Waals surface area contributed by atoms with Crippen molar-refractivity contribution in [3.63, 3.8) is 0 Å². The van der Waals surface area contributed by atoms with Crippen molar-refractivity contribution in [3.8, 4) is 11.4 Å². The molecular weight excluding hydrogens is 347 g/mol. The number of rotatable bonds is 4. The quantitative estimate of drug-likeness (QED) is 0.407. The fraction of sp³-hybridized carbons (Fsp3) is 0.0625. The molecule has 0 N–H and O–H groups in total. The molecule has 2 aromatic heterocycles. The maximum absolute atomic E-state index is 13.0. The number of fused-ring (bicyclic) bond motifs is 1. The molecular formula is C16H9FN4O5. The van der Waals surface area contributed by atoms with Crippen molar-refractivity contribution in [2.45, 2.75) is 6.54 Å². The summed E-state index contributed by atoms with van der Waals surface area (Å²) < 4.78 is 24.3. The summed E-state index contributed by atoms with van der Waals surface area (Å²) in [7, 11) is 0. The number of nitrogens with zero attached hydrogens (tertiary/aromatic N) is 4. The molecule has 0 saturated carbocycles. The Balaban J connectivity index is 1.70. The highest BCUT2D eigenvalue weighted by atomic mass is 19.1. The predicted molar refractivity (Wildman–Crippen MR) is 85.9 cm³/mol. The molecule has 0 amide bonds. The molecule has 9 nitrogen and oxygen atoms in total. The zero-order valence-corrected chi connectivity index (χ0v) is 13.0. The summed E-state index contributed by atoms with van der Waals surface area (Å²) >= 11 is 0. The minimum atomic E-state index is -0.706. The van der Waals surface area contributed by atoms with Gasteiger partial charge in [0.05, 0.1) is 10.4 Å². The second-order valence-electron chi connectivity index (χ2n) is 5.38. The first kappa shape index (κ1) is 15.7. The largest absolute Gasteiger partial charge is 0.420 e. The fourth-order valence-corrected chi connectivity index (χ4v) is 2.48. The van der Waals surface area contributed by atoms with Crippen molar-refractivity contribution >= 4 is 16.8 Å². The van der Waals surface area contributed by atoms with Gasteiger partial charge in [-0.2, -0.15) is 4.98 Å². The topological polar surface area (TPSA) is 117 Å². The van der Waals surface area contributed by atoms with Gasteiger partial charge in [-0.25, -0.2) is 9.18 Å². The van der Waals surface area contributed by atoms with E-state index in [0.717, 1.165) is 4.57 Å². The van der Waals surface area contributed by atoms with Crippen LogP contribution in [0.1, 0.15) is 5.89 Å². The van der Waals surface area contributed by atoms with Gasteiger partial charge in [0.1, 0.15) is 12.4 Å². The fourth-order valence-electron chi connectivity index (χ4n) is 2.48. The van der Waals surface area contributed by atoms with E-state index in [2.05, 4.69) is 10.1 Å². The van der Waals surface area contributed by atoms with E-state index >= 15 is 0 Å². The Bertz CT molecular complexity index is 1180. The van der Waals surface area contributed by atoms with Gasteiger partial charge in [0, 0.05) is 17.7 Å². The third-order valence-corrected chi connectivity index (χ3v) is 3.73. The first-order valence-electron chi connectivity index (χ1n) is 7.37. The SMILES string of the molecule is O=c1oc2ccc([N+](=O)[O-])cc2n1Cc1nc(-c2ccc(F)cc2)no1. The van der Waals surface area contributed by atoms with Crippen LogP contribution in [-0.2, 0) is 6.54 Å². The number of benzene rings is 2. The van der Waals surface area contributed by atoms with Crippen molar-refractivity contribution in [1.29, 1.82) is 0 Å². The molecule has 4 rings (SSSR count). The van der Waals surface area contributed by atoms with Crippen LogP contribution in [0.2, 0.25) is 0 Å². The Morgan fingerprint density at radius 3 is 2.69 bits per heavy atom. The van der Waals surface area contributed by atoms with E-state index < -0.39 is 16.5 Å². The molecule has 0 bridgehead atoms. The van der Waals surface area contributed by atoms with E-state index in [4.69, 9.17) is 8.94 Å². The molecule has 0 unspecified atom stereocenters. The van der Waals surface area contributed by atoms with Crippen LogP contribution in [0.25, 0.3) is 22.5 Å². The molecule has 0 aliphatic heterocycles. The molecule has 2 heterocycles. The van der Waals surface area contributed by atoms with Crippen molar-refractivity contribution in [1.82, 2.24) is 14.7 Å². The van der Waals surface area contributed by atoms with Crippen LogP contribution >= 0.6 is 0 Å². The van der Waals surface area contributed by atoms with E-state index in [1.807, 2.05) is 0 Å². The molecule has 0 atom stereocenters. The molecule has 0 aliphatic rings. The summed E-state index contributed by atoms with van der Waals surface area (Å²) in [5.41, 5.74) is 0.815. The predicted octanol–water partition coefficient (Wildman–Crippen LogP) is 2.74. The molecule has 0 saturated heterocycles. The molecule has 130 valence electrons. The Morgan fingerprint density at radius 1 is 1.19 bits per heavy atom. The Labute approximate surface area is 143 Å². The van der Waals surface area contributed by atoms with E-state index in [1.54, 1.807) is 0 Å². The van der Waals surface area contributed by atoms with Gasteiger partial charge in [0.25, 0.3) is 5.69 Å². The summed E-state index contributed by atoms with van der Waals surface area (Å²) in [6.45, 7) is -0.124. The summed E-state index contributed by atoms with van der Waals surface area (Å²) in [6.07, 6.45) is 0. The van der Waals surface area contributed by atoms with Crippen LogP contribution < -0.4 is 5.76 Å². The molecule has 4 aromatic rings. The lowest BCUT2D eigenvalue weighted by Gasteiger charge is -1.97. The van der Waals surface area contributed by atoms with Gasteiger partial charge in [-0.3, -0.25) is 14.7 Å². The van der Waals surface area contributed by atoms with Crippen LogP contribution in [0.3, 0.4) is 0 Å². The normalized spacial score (nSPS) is 11.1. The Morgan fingerprint density at radius 2 is 1.96 bits per heavy atom. The third-order valence-electron chi connectivity index (χ3n) is 3.73. The van der Waals surface area contributed by atoms with Gasteiger partial charge in [-0.05, 0) is 30.3 Å². The second-order valence-corrected chi connectivity index (χ2v) is 5.38. The molecule has 0 aliphatic carbocycles. The van der Waals surface area contributed by atoms with E-state index in [-0.39, 0.29) is 35.0 Å². The minimum Gasteiger partial charge on any atom is -0.408 e. The number of aromatic nitrogens is 3. The lowest BCUT2D eigenvalue weighted by atomic mass is 10.2. The van der Waals surface area contributed by atoms with Gasteiger partial charge in [-0.15, -0.1) is 0 Å². The first-order valence-corrected chi connectivity index (χ1v) is 7.37. The molecule has 0 radical (unpaired) electrons. The maximum atomic E-state index is 13.0. The van der Waals surface area contributed by atoms with Crippen LogP contribution in [-0.4, -0.2) is 19.6 Å². The smallest absolute Gasteiger partial charge is 0.408 e. The maximum Gasteiger partial charge on any atom is 0.420 e. The molecule has 26 heavy (non-hydrogen) atoms. The highest BCUT2D eigenvalue weighted by molar-refractivity contribution is 5.76. The highest BCUT2D eigenvalue weighted by Gasteiger charge is 2.17. The Kier molecular flexibility index (Phi) is 3.57. The summed E-state index contributed by atoms with van der Waals surface area (Å²) in [4.78, 5) is 26.5. The second kappa shape index (κ2) is 5.92. The van der Waals surface area contributed by atoms with Crippen LogP contribution in [0.5, 0.6) is 0 Å². The minimum absolute atomic E-state index is 0.0978. The van der Waals surface area contributed by atoms with Gasteiger partial charge >= 0.3 is 5.76 Å². The van der Waals surface area contributed by atoms with E-state index in [1.165, 1.54) is 42.5 Å². The van der Waals surface area contributed by atoms with Gasteiger partial charge in [0.2, 0.25) is 11.7 Å². The van der Waals surface area contributed by atoms with Gasteiger partial charge in [-0.1, -0.05) is 5.16 Å². The number of non-ortho nitro benzene ring substituents is 1. The zero-order valence-electron chi connectivity index (χ0n) is 13.0. The lowest BCUT2D eigenvalue weighted by molar-refractivity contribution is -0.384. The van der Waals surface area contributed by atoms with Crippen molar-refractivity contribution in [3.05, 3.63) is 74.8 Å². The third kappa shape index (κ3) is 2.73.